The molecule has 0 aliphatic carbocycles. The number of rotatable bonds is 4. The third-order valence-corrected chi connectivity index (χ3v) is 7.31. The van der Waals surface area contributed by atoms with Gasteiger partial charge < -0.3 is 0 Å². The van der Waals surface area contributed by atoms with Gasteiger partial charge in [0.05, 0.1) is 20.5 Å². The molecule has 0 bridgehead atoms. The van der Waals surface area contributed by atoms with Crippen LogP contribution in [0.1, 0.15) is 5.56 Å². The van der Waals surface area contributed by atoms with Gasteiger partial charge in [-0.3, -0.25) is 4.72 Å². The normalized spacial score (nSPS) is 11.6. The number of hydrogen-bond donors (Lipinski definition) is 1. The topological polar surface area (TPSA) is 46.2 Å². The van der Waals surface area contributed by atoms with Gasteiger partial charge in [0.15, 0.2) is 0 Å². The van der Waals surface area contributed by atoms with Crippen molar-refractivity contribution in [3.05, 3.63) is 56.0 Å². The Morgan fingerprint density at radius 2 is 1.87 bits per heavy atom. The molecule has 0 aliphatic heterocycles. The summed E-state index contributed by atoms with van der Waals surface area (Å²) in [7, 11) is -3.73. The summed E-state index contributed by atoms with van der Waals surface area (Å²) in [6, 6.07) is 6.61. The minimum Gasteiger partial charge on any atom is -0.278 e. The lowest BCUT2D eigenvalue weighted by molar-refractivity contribution is 0.600. The molecule has 8 heteroatoms. The average Bonchev–Trinajstić information content (AvgIpc) is 3.09. The van der Waals surface area contributed by atoms with E-state index in [-0.39, 0.29) is 4.90 Å². The summed E-state index contributed by atoms with van der Waals surface area (Å²) in [4.78, 5) is 1.01. The highest BCUT2D eigenvalue weighted by atomic mass is 35.5. The van der Waals surface area contributed by atoms with Gasteiger partial charge in [0.2, 0.25) is 0 Å². The summed E-state index contributed by atoms with van der Waals surface area (Å²) in [5.74, 6) is 0. The summed E-state index contributed by atoms with van der Waals surface area (Å²) in [6.07, 6.45) is 0. The van der Waals surface area contributed by atoms with E-state index in [0.29, 0.717) is 21.3 Å². The van der Waals surface area contributed by atoms with Crippen LogP contribution in [0.2, 0.25) is 10.0 Å². The van der Waals surface area contributed by atoms with Crippen LogP contribution in [0, 0.1) is 6.92 Å². The maximum absolute atomic E-state index is 12.7. The van der Waals surface area contributed by atoms with E-state index < -0.39 is 10.0 Å². The van der Waals surface area contributed by atoms with E-state index in [1.807, 2.05) is 10.8 Å². The minimum atomic E-state index is -3.73. The van der Waals surface area contributed by atoms with E-state index in [9.17, 15) is 8.42 Å². The van der Waals surface area contributed by atoms with Crippen LogP contribution >= 0.6 is 45.9 Å². The van der Waals surface area contributed by atoms with E-state index in [2.05, 4.69) is 4.72 Å². The lowest BCUT2D eigenvalue weighted by Crippen LogP contribution is -2.14. The highest BCUT2D eigenvalue weighted by Gasteiger charge is 2.21. The van der Waals surface area contributed by atoms with Crippen LogP contribution in [-0.2, 0) is 10.0 Å². The van der Waals surface area contributed by atoms with E-state index in [4.69, 9.17) is 23.2 Å². The second-order valence-electron chi connectivity index (χ2n) is 4.77. The van der Waals surface area contributed by atoms with Crippen molar-refractivity contribution in [1.82, 2.24) is 0 Å². The van der Waals surface area contributed by atoms with E-state index in [0.717, 1.165) is 10.4 Å². The summed E-state index contributed by atoms with van der Waals surface area (Å²) in [5.41, 5.74) is 1.81. The molecule has 3 nitrogen and oxygen atoms in total. The molecule has 23 heavy (non-hydrogen) atoms. The Kier molecular flexibility index (Phi) is 4.71. The second kappa shape index (κ2) is 6.45. The molecular formula is C15H11Cl2NO2S3. The maximum atomic E-state index is 12.7. The molecule has 0 saturated carbocycles. The van der Waals surface area contributed by atoms with Gasteiger partial charge in [-0.05, 0) is 36.1 Å². The minimum absolute atomic E-state index is 0.166. The molecule has 1 N–H and O–H groups in total. The van der Waals surface area contributed by atoms with Crippen molar-refractivity contribution in [2.24, 2.45) is 0 Å². The zero-order valence-electron chi connectivity index (χ0n) is 11.8. The molecule has 1 aromatic carbocycles. The van der Waals surface area contributed by atoms with Crippen molar-refractivity contribution in [1.29, 1.82) is 0 Å². The highest BCUT2D eigenvalue weighted by Crippen LogP contribution is 2.40. The lowest BCUT2D eigenvalue weighted by atomic mass is 10.2. The summed E-state index contributed by atoms with van der Waals surface area (Å²) < 4.78 is 28.0. The van der Waals surface area contributed by atoms with Crippen LogP contribution in [0.15, 0.2) is 45.3 Å². The smallest absolute Gasteiger partial charge is 0.262 e. The number of hydrogen-bond acceptors (Lipinski definition) is 4. The first kappa shape index (κ1) is 16.8. The molecule has 0 aliphatic rings. The van der Waals surface area contributed by atoms with Gasteiger partial charge in [-0.2, -0.15) is 0 Å². The van der Waals surface area contributed by atoms with Gasteiger partial charge in [0.1, 0.15) is 0 Å². The van der Waals surface area contributed by atoms with Crippen LogP contribution in [-0.4, -0.2) is 8.42 Å². The SMILES string of the molecule is Cc1c(Cl)cccc1S(=O)(=O)Nc1cscc1-c1sccc1Cl. The average molecular weight is 404 g/mol. The molecule has 0 spiro atoms. The molecule has 0 amide bonds. The van der Waals surface area contributed by atoms with Gasteiger partial charge in [-0.15, -0.1) is 22.7 Å². The molecular weight excluding hydrogens is 393 g/mol. The molecule has 0 saturated heterocycles. The van der Waals surface area contributed by atoms with E-state index in [1.54, 1.807) is 30.5 Å². The number of thiophene rings is 2. The van der Waals surface area contributed by atoms with Crippen LogP contribution in [0.4, 0.5) is 5.69 Å². The van der Waals surface area contributed by atoms with Gasteiger partial charge in [-0.1, -0.05) is 29.3 Å². The zero-order chi connectivity index (χ0) is 16.6. The first-order valence-electron chi connectivity index (χ1n) is 6.47. The second-order valence-corrected chi connectivity index (χ2v) is 8.89. The largest absolute Gasteiger partial charge is 0.278 e. The molecule has 0 fully saturated rings. The molecule has 120 valence electrons. The van der Waals surface area contributed by atoms with E-state index in [1.165, 1.54) is 28.7 Å². The van der Waals surface area contributed by atoms with Crippen molar-refractivity contribution in [2.75, 3.05) is 4.72 Å². The standard InChI is InChI=1S/C15H11Cl2NO2S3/c1-9-11(16)3-2-4-14(9)23(19,20)18-13-8-21-7-10(13)15-12(17)5-6-22-15/h2-8,18H,1H3. The van der Waals surface area contributed by atoms with Gasteiger partial charge >= 0.3 is 0 Å². The number of nitrogens with one attached hydrogen (secondary N) is 1. The number of sulfonamides is 1. The Morgan fingerprint density at radius 3 is 2.57 bits per heavy atom. The predicted molar refractivity (Wildman–Crippen MR) is 99.6 cm³/mol. The van der Waals surface area contributed by atoms with E-state index >= 15 is 0 Å². The van der Waals surface area contributed by atoms with Gasteiger partial charge in [0, 0.05) is 21.3 Å². The van der Waals surface area contributed by atoms with Crippen molar-refractivity contribution < 1.29 is 8.42 Å². The Bertz CT molecular complexity index is 961. The predicted octanol–water partition coefficient (Wildman–Crippen LogP) is 5.89. The molecule has 3 aromatic rings. The Morgan fingerprint density at radius 1 is 1.09 bits per heavy atom. The number of benzene rings is 1. The Hall–Kier alpha value is -1.05. The van der Waals surface area contributed by atoms with Crippen LogP contribution < -0.4 is 4.72 Å². The molecule has 0 atom stereocenters. The van der Waals surface area contributed by atoms with Crippen LogP contribution in [0.5, 0.6) is 0 Å². The molecule has 0 unspecified atom stereocenters. The van der Waals surface area contributed by atoms with Crippen molar-refractivity contribution >= 4 is 61.6 Å². The van der Waals surface area contributed by atoms with Crippen LogP contribution in [0.25, 0.3) is 10.4 Å². The fourth-order valence-electron chi connectivity index (χ4n) is 2.12. The summed E-state index contributed by atoms with van der Waals surface area (Å²) in [5, 5.41) is 6.52. The Labute approximate surface area is 152 Å². The van der Waals surface area contributed by atoms with Gasteiger partial charge in [0.25, 0.3) is 10.0 Å². The van der Waals surface area contributed by atoms with Gasteiger partial charge in [-0.25, -0.2) is 8.42 Å². The zero-order valence-corrected chi connectivity index (χ0v) is 15.8. The van der Waals surface area contributed by atoms with Crippen molar-refractivity contribution in [3.63, 3.8) is 0 Å². The molecule has 0 radical (unpaired) electrons. The third kappa shape index (κ3) is 3.27. The molecule has 2 aromatic heterocycles. The highest BCUT2D eigenvalue weighted by molar-refractivity contribution is 7.92. The lowest BCUT2D eigenvalue weighted by Gasteiger charge is -2.11. The third-order valence-electron chi connectivity index (χ3n) is 3.28. The quantitative estimate of drug-likeness (QED) is 0.589. The maximum Gasteiger partial charge on any atom is 0.262 e. The Balaban J connectivity index is 2.02. The first-order chi connectivity index (χ1) is 10.9. The fourth-order valence-corrected chi connectivity index (χ4v) is 5.80. The molecule has 3 rings (SSSR count). The molecule has 2 heterocycles. The van der Waals surface area contributed by atoms with Crippen molar-refractivity contribution in [3.8, 4) is 10.4 Å². The van der Waals surface area contributed by atoms with Crippen LogP contribution in [0.3, 0.4) is 0 Å². The number of halogens is 2. The first-order valence-corrected chi connectivity index (χ1v) is 10.5. The monoisotopic (exact) mass is 403 g/mol. The summed E-state index contributed by atoms with van der Waals surface area (Å²) >= 11 is 15.1. The van der Waals surface area contributed by atoms with Crippen molar-refractivity contribution in [2.45, 2.75) is 11.8 Å². The summed E-state index contributed by atoms with van der Waals surface area (Å²) in [6.45, 7) is 1.68. The number of anilines is 1. The fraction of sp³-hybridized carbons (Fsp3) is 0.0667.